The number of hydrogen-bond donors (Lipinski definition) is 2. The van der Waals surface area contributed by atoms with Gasteiger partial charge in [-0.15, -0.1) is 0 Å². The van der Waals surface area contributed by atoms with Crippen LogP contribution in [0, 0.1) is 12.3 Å². The van der Waals surface area contributed by atoms with Crippen molar-refractivity contribution in [2.45, 2.75) is 6.92 Å². The van der Waals surface area contributed by atoms with Crippen molar-refractivity contribution in [3.63, 3.8) is 0 Å². The highest BCUT2D eigenvalue weighted by Gasteiger charge is 2.33. The lowest BCUT2D eigenvalue weighted by molar-refractivity contribution is -0.113. The average molecular weight is 310 g/mol. The zero-order valence-electron chi connectivity index (χ0n) is 11.9. The Hall–Kier alpha value is -2.53. The third-order valence-electron chi connectivity index (χ3n) is 3.31. The molecule has 1 heterocycles. The molecular weight excluding hydrogens is 296 g/mol. The Bertz CT molecular complexity index is 799. The molecule has 1 saturated heterocycles. The van der Waals surface area contributed by atoms with Crippen molar-refractivity contribution in [3.8, 4) is 5.75 Å². The predicted octanol–water partition coefficient (Wildman–Crippen LogP) is 3.76. The molecular formula is C17H14N2O2S. The second-order valence-electron chi connectivity index (χ2n) is 4.95. The molecule has 1 aliphatic rings. The van der Waals surface area contributed by atoms with E-state index in [0.717, 1.165) is 17.3 Å². The Kier molecular flexibility index (Phi) is 3.73. The second-order valence-corrected chi connectivity index (χ2v) is 5.98. The number of para-hydroxylation sites is 1. The Morgan fingerprint density at radius 1 is 1.18 bits per heavy atom. The van der Waals surface area contributed by atoms with Crippen LogP contribution in [0.25, 0.3) is 6.08 Å². The van der Waals surface area contributed by atoms with Gasteiger partial charge in [0.25, 0.3) is 5.91 Å². The average Bonchev–Trinajstić information content (AvgIpc) is 2.76. The first-order chi connectivity index (χ1) is 10.6. The normalized spacial score (nSPS) is 16.6. The molecule has 4 nitrogen and oxygen atoms in total. The molecule has 22 heavy (non-hydrogen) atoms. The quantitative estimate of drug-likeness (QED) is 0.830. The summed E-state index contributed by atoms with van der Waals surface area (Å²) in [6.45, 7) is 1.94. The number of aryl methyl sites for hydroxylation is 1. The smallest absolute Gasteiger partial charge is 0.271 e. The summed E-state index contributed by atoms with van der Waals surface area (Å²) >= 11 is 1.10. The predicted molar refractivity (Wildman–Crippen MR) is 90.1 cm³/mol. The van der Waals surface area contributed by atoms with Gasteiger partial charge in [0.15, 0.2) is 5.17 Å². The van der Waals surface area contributed by atoms with Crippen LogP contribution >= 0.6 is 11.8 Å². The SMILES string of the molecule is Cc1cccc(N2C(=N)S/C(=C\c3ccccc3O)C2=O)c1. The topological polar surface area (TPSA) is 64.4 Å². The maximum absolute atomic E-state index is 12.6. The Morgan fingerprint density at radius 2 is 1.95 bits per heavy atom. The second kappa shape index (κ2) is 5.69. The van der Waals surface area contributed by atoms with Gasteiger partial charge in [0.1, 0.15) is 5.75 Å². The van der Waals surface area contributed by atoms with E-state index in [1.165, 1.54) is 4.90 Å². The van der Waals surface area contributed by atoms with Crippen LogP contribution in [-0.4, -0.2) is 16.2 Å². The third-order valence-corrected chi connectivity index (χ3v) is 4.20. The van der Waals surface area contributed by atoms with Gasteiger partial charge in [0.2, 0.25) is 0 Å². The number of hydrogen-bond acceptors (Lipinski definition) is 4. The molecule has 0 radical (unpaired) electrons. The molecule has 2 N–H and O–H groups in total. The van der Waals surface area contributed by atoms with Crippen molar-refractivity contribution < 1.29 is 9.90 Å². The summed E-state index contributed by atoms with van der Waals surface area (Å²) in [5.74, 6) is -0.132. The third kappa shape index (κ3) is 2.63. The maximum Gasteiger partial charge on any atom is 0.271 e. The van der Waals surface area contributed by atoms with Crippen LogP contribution in [0.4, 0.5) is 5.69 Å². The van der Waals surface area contributed by atoms with Crippen LogP contribution in [-0.2, 0) is 4.79 Å². The van der Waals surface area contributed by atoms with Crippen molar-refractivity contribution in [3.05, 3.63) is 64.6 Å². The Labute approximate surface area is 132 Å². The molecule has 0 atom stereocenters. The van der Waals surface area contributed by atoms with E-state index in [0.29, 0.717) is 16.2 Å². The number of amides is 1. The molecule has 1 amide bonds. The van der Waals surface area contributed by atoms with Crippen molar-refractivity contribution in [2.24, 2.45) is 0 Å². The number of carbonyl (C=O) groups is 1. The number of phenolic OH excluding ortho intramolecular Hbond substituents is 1. The highest BCUT2D eigenvalue weighted by Crippen LogP contribution is 2.36. The summed E-state index contributed by atoms with van der Waals surface area (Å²) in [6.07, 6.45) is 1.62. The minimum atomic E-state index is -0.246. The van der Waals surface area contributed by atoms with Gasteiger partial charge in [0, 0.05) is 5.56 Å². The zero-order chi connectivity index (χ0) is 15.7. The summed E-state index contributed by atoms with van der Waals surface area (Å²) in [4.78, 5) is 14.4. The lowest BCUT2D eigenvalue weighted by atomic mass is 10.1. The van der Waals surface area contributed by atoms with Crippen molar-refractivity contribution in [1.29, 1.82) is 5.41 Å². The standard InChI is InChI=1S/C17H14N2O2S/c1-11-5-4-7-13(9-11)19-16(21)15(22-17(19)18)10-12-6-2-3-8-14(12)20/h2-10,18,20H,1H3/b15-10-,18-17?. The van der Waals surface area contributed by atoms with Gasteiger partial charge in [-0.05, 0) is 48.5 Å². The Balaban J connectivity index is 1.97. The first-order valence-electron chi connectivity index (χ1n) is 6.73. The number of rotatable bonds is 2. The van der Waals surface area contributed by atoms with Crippen molar-refractivity contribution in [1.82, 2.24) is 0 Å². The van der Waals surface area contributed by atoms with Crippen LogP contribution in [0.5, 0.6) is 5.75 Å². The molecule has 5 heteroatoms. The fraction of sp³-hybridized carbons (Fsp3) is 0.0588. The van der Waals surface area contributed by atoms with Crippen LogP contribution in [0.2, 0.25) is 0 Å². The summed E-state index contributed by atoms with van der Waals surface area (Å²) < 4.78 is 0. The molecule has 2 aromatic carbocycles. The maximum atomic E-state index is 12.6. The van der Waals surface area contributed by atoms with E-state index >= 15 is 0 Å². The molecule has 110 valence electrons. The Morgan fingerprint density at radius 3 is 2.68 bits per heavy atom. The van der Waals surface area contributed by atoms with Gasteiger partial charge in [-0.1, -0.05) is 30.3 Å². The van der Waals surface area contributed by atoms with E-state index in [9.17, 15) is 9.90 Å². The summed E-state index contributed by atoms with van der Waals surface area (Å²) in [5, 5.41) is 18.0. The highest BCUT2D eigenvalue weighted by atomic mass is 32.2. The van der Waals surface area contributed by atoms with Gasteiger partial charge >= 0.3 is 0 Å². The summed E-state index contributed by atoms with van der Waals surface area (Å²) in [5.41, 5.74) is 2.28. The van der Waals surface area contributed by atoms with E-state index in [-0.39, 0.29) is 16.8 Å². The number of benzene rings is 2. The molecule has 0 spiro atoms. The minimum Gasteiger partial charge on any atom is -0.507 e. The minimum absolute atomic E-state index is 0.115. The molecule has 0 aliphatic carbocycles. The van der Waals surface area contributed by atoms with Crippen molar-refractivity contribution in [2.75, 3.05) is 4.90 Å². The van der Waals surface area contributed by atoms with Gasteiger partial charge < -0.3 is 5.11 Å². The molecule has 0 unspecified atom stereocenters. The van der Waals surface area contributed by atoms with E-state index in [4.69, 9.17) is 5.41 Å². The van der Waals surface area contributed by atoms with E-state index in [1.54, 1.807) is 30.3 Å². The molecule has 0 aromatic heterocycles. The number of aromatic hydroxyl groups is 1. The first kappa shape index (κ1) is 14.4. The molecule has 1 fully saturated rings. The number of phenols is 1. The molecule has 1 aliphatic heterocycles. The van der Waals surface area contributed by atoms with E-state index in [1.807, 2.05) is 31.2 Å². The number of thioether (sulfide) groups is 1. The van der Waals surface area contributed by atoms with Crippen LogP contribution in [0.1, 0.15) is 11.1 Å². The van der Waals surface area contributed by atoms with Gasteiger partial charge in [-0.3, -0.25) is 15.1 Å². The number of carbonyl (C=O) groups excluding carboxylic acids is 1. The molecule has 0 saturated carbocycles. The number of nitrogens with zero attached hydrogens (tertiary/aromatic N) is 1. The lowest BCUT2D eigenvalue weighted by Crippen LogP contribution is -2.28. The van der Waals surface area contributed by atoms with Gasteiger partial charge in [0.05, 0.1) is 10.6 Å². The number of amidine groups is 1. The fourth-order valence-corrected chi connectivity index (χ4v) is 3.09. The molecule has 0 bridgehead atoms. The lowest BCUT2D eigenvalue weighted by Gasteiger charge is -2.14. The molecule has 3 rings (SSSR count). The van der Waals surface area contributed by atoms with Gasteiger partial charge in [-0.25, -0.2) is 0 Å². The van der Waals surface area contributed by atoms with Crippen LogP contribution < -0.4 is 4.90 Å². The molecule has 2 aromatic rings. The number of anilines is 1. The first-order valence-corrected chi connectivity index (χ1v) is 7.55. The summed E-state index contributed by atoms with van der Waals surface area (Å²) in [6, 6.07) is 14.3. The fourth-order valence-electron chi connectivity index (χ4n) is 2.24. The van der Waals surface area contributed by atoms with E-state index < -0.39 is 0 Å². The van der Waals surface area contributed by atoms with Crippen LogP contribution in [0.15, 0.2) is 53.4 Å². The van der Waals surface area contributed by atoms with Crippen LogP contribution in [0.3, 0.4) is 0 Å². The number of nitrogens with one attached hydrogen (secondary N) is 1. The van der Waals surface area contributed by atoms with Gasteiger partial charge in [-0.2, -0.15) is 0 Å². The van der Waals surface area contributed by atoms with E-state index in [2.05, 4.69) is 0 Å². The monoisotopic (exact) mass is 310 g/mol. The zero-order valence-corrected chi connectivity index (χ0v) is 12.7. The largest absolute Gasteiger partial charge is 0.507 e. The summed E-state index contributed by atoms with van der Waals surface area (Å²) in [7, 11) is 0. The highest BCUT2D eigenvalue weighted by molar-refractivity contribution is 8.19. The van der Waals surface area contributed by atoms with Crippen molar-refractivity contribution >= 4 is 34.6 Å².